The van der Waals surface area contributed by atoms with Gasteiger partial charge < -0.3 is 10.6 Å². The summed E-state index contributed by atoms with van der Waals surface area (Å²) in [6.07, 6.45) is 0.811. The van der Waals surface area contributed by atoms with Crippen molar-refractivity contribution in [3.8, 4) is 0 Å². The second-order valence-electron chi connectivity index (χ2n) is 6.16. The highest BCUT2D eigenvalue weighted by molar-refractivity contribution is 7.99. The molecule has 0 unspecified atom stereocenters. The number of nitrogens with one attached hydrogen (secondary N) is 2. The predicted molar refractivity (Wildman–Crippen MR) is 107 cm³/mol. The zero-order chi connectivity index (χ0) is 18.8. The van der Waals surface area contributed by atoms with Crippen LogP contribution in [0.25, 0.3) is 0 Å². The van der Waals surface area contributed by atoms with Crippen LogP contribution >= 0.6 is 11.8 Å². The molecule has 2 rings (SSSR count). The second kappa shape index (κ2) is 10.7. The van der Waals surface area contributed by atoms with Crippen LogP contribution in [0, 0.1) is 5.92 Å². The monoisotopic (exact) mass is 370 g/mol. The molecule has 2 amide bonds. The standard InChI is InChI=1S/C21H26N2O2S/c1-3-16(2)19(23-20(24)17-10-6-4-7-11-17)21(25)22-14-15-26-18-12-8-5-9-13-18/h4-13,16,19H,3,14-15H2,1-2H3,(H,22,25)(H,23,24)/t16-,19-/m0/s1. The normalized spacial score (nSPS) is 12.8. The molecule has 0 fully saturated rings. The van der Waals surface area contributed by atoms with Crippen molar-refractivity contribution in [2.75, 3.05) is 12.3 Å². The SMILES string of the molecule is CC[C@H](C)[C@H](NC(=O)c1ccccc1)C(=O)NCCSc1ccccc1. The Morgan fingerprint density at radius 1 is 1.00 bits per heavy atom. The smallest absolute Gasteiger partial charge is 0.251 e. The fourth-order valence-electron chi connectivity index (χ4n) is 2.49. The van der Waals surface area contributed by atoms with E-state index in [9.17, 15) is 9.59 Å². The largest absolute Gasteiger partial charge is 0.353 e. The van der Waals surface area contributed by atoms with Gasteiger partial charge in [-0.3, -0.25) is 9.59 Å². The molecule has 2 aromatic rings. The number of thioether (sulfide) groups is 1. The van der Waals surface area contributed by atoms with Gasteiger partial charge in [0.2, 0.25) is 5.91 Å². The lowest BCUT2D eigenvalue weighted by Gasteiger charge is -2.23. The summed E-state index contributed by atoms with van der Waals surface area (Å²) in [5.41, 5.74) is 0.563. The molecule has 5 heteroatoms. The van der Waals surface area contributed by atoms with Crippen LogP contribution in [0.3, 0.4) is 0 Å². The third-order valence-corrected chi connectivity index (χ3v) is 5.25. The van der Waals surface area contributed by atoms with Gasteiger partial charge in [-0.15, -0.1) is 11.8 Å². The van der Waals surface area contributed by atoms with Crippen LogP contribution in [-0.2, 0) is 4.79 Å². The lowest BCUT2D eigenvalue weighted by Crippen LogP contribution is -2.50. The molecular weight excluding hydrogens is 344 g/mol. The first kappa shape index (κ1) is 20.0. The van der Waals surface area contributed by atoms with Crippen LogP contribution in [0.1, 0.15) is 30.6 Å². The van der Waals surface area contributed by atoms with Gasteiger partial charge in [0.15, 0.2) is 0 Å². The summed E-state index contributed by atoms with van der Waals surface area (Å²) < 4.78 is 0. The van der Waals surface area contributed by atoms with Crippen LogP contribution in [0.4, 0.5) is 0 Å². The molecule has 138 valence electrons. The molecule has 0 aromatic heterocycles. The summed E-state index contributed by atoms with van der Waals surface area (Å²) in [4.78, 5) is 26.2. The van der Waals surface area contributed by atoms with Crippen molar-refractivity contribution in [2.45, 2.75) is 31.2 Å². The molecule has 0 aliphatic rings. The van der Waals surface area contributed by atoms with Crippen molar-refractivity contribution < 1.29 is 9.59 Å². The second-order valence-corrected chi connectivity index (χ2v) is 7.32. The molecule has 0 saturated heterocycles. The third-order valence-electron chi connectivity index (χ3n) is 4.23. The van der Waals surface area contributed by atoms with E-state index in [0.29, 0.717) is 12.1 Å². The Morgan fingerprint density at radius 2 is 1.62 bits per heavy atom. The van der Waals surface area contributed by atoms with E-state index in [1.807, 2.05) is 50.2 Å². The molecule has 0 bridgehead atoms. The van der Waals surface area contributed by atoms with Crippen LogP contribution < -0.4 is 10.6 Å². The van der Waals surface area contributed by atoms with Crippen molar-refractivity contribution in [3.63, 3.8) is 0 Å². The molecule has 26 heavy (non-hydrogen) atoms. The maximum absolute atomic E-state index is 12.6. The molecule has 0 aliphatic carbocycles. The van der Waals surface area contributed by atoms with Gasteiger partial charge in [-0.25, -0.2) is 0 Å². The van der Waals surface area contributed by atoms with Gasteiger partial charge in [0.25, 0.3) is 5.91 Å². The summed E-state index contributed by atoms with van der Waals surface area (Å²) in [5.74, 6) is 0.502. The van der Waals surface area contributed by atoms with Crippen molar-refractivity contribution in [3.05, 3.63) is 66.2 Å². The fraction of sp³-hybridized carbons (Fsp3) is 0.333. The minimum absolute atomic E-state index is 0.0597. The highest BCUT2D eigenvalue weighted by Gasteiger charge is 2.25. The lowest BCUT2D eigenvalue weighted by molar-refractivity contribution is -0.124. The number of carbonyl (C=O) groups is 2. The zero-order valence-corrected chi connectivity index (χ0v) is 16.1. The molecule has 4 nitrogen and oxygen atoms in total. The van der Waals surface area contributed by atoms with Gasteiger partial charge in [-0.1, -0.05) is 56.7 Å². The van der Waals surface area contributed by atoms with E-state index in [1.165, 1.54) is 4.90 Å². The molecule has 2 aromatic carbocycles. The van der Waals surface area contributed by atoms with Gasteiger partial charge in [0.05, 0.1) is 0 Å². The van der Waals surface area contributed by atoms with E-state index >= 15 is 0 Å². The molecule has 2 N–H and O–H groups in total. The first-order chi connectivity index (χ1) is 12.6. The predicted octanol–water partition coefficient (Wildman–Crippen LogP) is 3.74. The molecule has 0 spiro atoms. The van der Waals surface area contributed by atoms with E-state index < -0.39 is 6.04 Å². The molecule has 0 radical (unpaired) electrons. The van der Waals surface area contributed by atoms with E-state index in [4.69, 9.17) is 0 Å². The van der Waals surface area contributed by atoms with Gasteiger partial charge in [-0.05, 0) is 30.2 Å². The Morgan fingerprint density at radius 3 is 2.23 bits per heavy atom. The van der Waals surface area contributed by atoms with Crippen molar-refractivity contribution >= 4 is 23.6 Å². The minimum Gasteiger partial charge on any atom is -0.353 e. The Bertz CT molecular complexity index is 692. The Hall–Kier alpha value is -2.27. The summed E-state index contributed by atoms with van der Waals surface area (Å²) in [6.45, 7) is 4.56. The summed E-state index contributed by atoms with van der Waals surface area (Å²) in [7, 11) is 0. The number of rotatable bonds is 9. The highest BCUT2D eigenvalue weighted by atomic mass is 32.2. The highest BCUT2D eigenvalue weighted by Crippen LogP contribution is 2.16. The number of hydrogen-bond donors (Lipinski definition) is 2. The first-order valence-electron chi connectivity index (χ1n) is 8.93. The average molecular weight is 371 g/mol. The van der Waals surface area contributed by atoms with E-state index in [2.05, 4.69) is 22.8 Å². The molecular formula is C21H26N2O2S. The van der Waals surface area contributed by atoms with Gasteiger partial charge in [-0.2, -0.15) is 0 Å². The number of amides is 2. The van der Waals surface area contributed by atoms with E-state index in [0.717, 1.165) is 12.2 Å². The molecule has 2 atom stereocenters. The van der Waals surface area contributed by atoms with Crippen molar-refractivity contribution in [1.82, 2.24) is 10.6 Å². The maximum Gasteiger partial charge on any atom is 0.251 e. The zero-order valence-electron chi connectivity index (χ0n) is 15.3. The molecule has 0 heterocycles. The Balaban J connectivity index is 1.87. The Labute approximate surface area is 159 Å². The number of benzene rings is 2. The Kier molecular flexibility index (Phi) is 8.22. The lowest BCUT2D eigenvalue weighted by atomic mass is 9.98. The van der Waals surface area contributed by atoms with Gasteiger partial charge in [0.1, 0.15) is 6.04 Å². The van der Waals surface area contributed by atoms with Gasteiger partial charge in [0, 0.05) is 22.8 Å². The van der Waals surface area contributed by atoms with Crippen LogP contribution in [0.2, 0.25) is 0 Å². The van der Waals surface area contributed by atoms with Gasteiger partial charge >= 0.3 is 0 Å². The topological polar surface area (TPSA) is 58.2 Å². The molecule has 0 aliphatic heterocycles. The number of carbonyl (C=O) groups excluding carboxylic acids is 2. The van der Waals surface area contributed by atoms with Crippen molar-refractivity contribution in [2.24, 2.45) is 5.92 Å². The van der Waals surface area contributed by atoms with Crippen LogP contribution in [0.15, 0.2) is 65.6 Å². The van der Waals surface area contributed by atoms with E-state index in [-0.39, 0.29) is 17.7 Å². The average Bonchev–Trinajstić information content (AvgIpc) is 2.70. The van der Waals surface area contributed by atoms with E-state index in [1.54, 1.807) is 23.9 Å². The quantitative estimate of drug-likeness (QED) is 0.522. The van der Waals surface area contributed by atoms with Crippen molar-refractivity contribution in [1.29, 1.82) is 0 Å². The fourth-order valence-corrected chi connectivity index (χ4v) is 3.28. The molecule has 0 saturated carbocycles. The summed E-state index contributed by atoms with van der Waals surface area (Å²) in [5, 5.41) is 5.84. The summed E-state index contributed by atoms with van der Waals surface area (Å²) >= 11 is 1.70. The summed E-state index contributed by atoms with van der Waals surface area (Å²) in [6, 6.07) is 18.5. The number of hydrogen-bond acceptors (Lipinski definition) is 3. The minimum atomic E-state index is -0.533. The van der Waals surface area contributed by atoms with Crippen LogP contribution in [0.5, 0.6) is 0 Å². The third kappa shape index (κ3) is 6.23. The van der Waals surface area contributed by atoms with Crippen LogP contribution in [-0.4, -0.2) is 30.2 Å². The maximum atomic E-state index is 12.6. The first-order valence-corrected chi connectivity index (χ1v) is 9.91.